The molecule has 1 fully saturated rings. The van der Waals surface area contributed by atoms with Crippen molar-refractivity contribution in [1.82, 2.24) is 0 Å². The minimum Gasteiger partial charge on any atom is -0.495 e. The first-order chi connectivity index (χ1) is 11.3. The Hall–Kier alpha value is -2.19. The Balaban J connectivity index is 2.13. The third-order valence-electron chi connectivity index (χ3n) is 4.22. The average molecular weight is 338 g/mol. The number of quaternary nitrogens is 1. The second kappa shape index (κ2) is 7.59. The van der Waals surface area contributed by atoms with Crippen LogP contribution in [0, 0.1) is 10.1 Å². The van der Waals surface area contributed by atoms with Crippen LogP contribution in [0.2, 0.25) is 0 Å². The lowest BCUT2D eigenvalue weighted by atomic mass is 10.1. The highest BCUT2D eigenvalue weighted by Crippen LogP contribution is 2.28. The Morgan fingerprint density at radius 2 is 2.04 bits per heavy atom. The molecule has 1 aromatic rings. The minimum absolute atomic E-state index is 0.0892. The summed E-state index contributed by atoms with van der Waals surface area (Å²) in [6.07, 6.45) is 0.178. The maximum atomic E-state index is 12.6. The lowest BCUT2D eigenvalue weighted by Gasteiger charge is -2.35. The zero-order valence-electron chi connectivity index (χ0n) is 14.4. The summed E-state index contributed by atoms with van der Waals surface area (Å²) in [7, 11) is 1.46. The molecule has 0 aromatic heterocycles. The van der Waals surface area contributed by atoms with Crippen molar-refractivity contribution >= 4 is 17.3 Å². The Morgan fingerprint density at radius 3 is 2.58 bits per heavy atom. The van der Waals surface area contributed by atoms with Gasteiger partial charge in [0.1, 0.15) is 31.0 Å². The number of nitrogens with zero attached hydrogens (tertiary/aromatic N) is 1. The summed E-state index contributed by atoms with van der Waals surface area (Å²) in [6, 6.07) is 3.82. The van der Waals surface area contributed by atoms with E-state index in [0.717, 1.165) is 18.0 Å². The van der Waals surface area contributed by atoms with Crippen molar-refractivity contribution in [3.05, 3.63) is 28.3 Å². The SMILES string of the molecule is COc1ccc([N+](=O)[O-])cc1NC(=O)[C@H](C)[NH+]1C[C@H](C)O[C@@H](C)C1. The average Bonchev–Trinajstić information content (AvgIpc) is 2.52. The maximum absolute atomic E-state index is 12.6. The van der Waals surface area contributed by atoms with Gasteiger partial charge in [-0.3, -0.25) is 14.9 Å². The second-order valence-corrected chi connectivity index (χ2v) is 6.18. The van der Waals surface area contributed by atoms with Gasteiger partial charge in [-0.15, -0.1) is 0 Å². The molecule has 1 aliphatic rings. The molecule has 2 N–H and O–H groups in total. The van der Waals surface area contributed by atoms with E-state index >= 15 is 0 Å². The molecule has 0 bridgehead atoms. The Labute approximate surface area is 140 Å². The first kappa shape index (κ1) is 18.2. The minimum atomic E-state index is -0.505. The quantitative estimate of drug-likeness (QED) is 0.606. The number of non-ortho nitro benzene ring substituents is 1. The Morgan fingerprint density at radius 1 is 1.42 bits per heavy atom. The molecule has 132 valence electrons. The molecule has 1 saturated heterocycles. The number of amides is 1. The van der Waals surface area contributed by atoms with Crippen LogP contribution in [0.25, 0.3) is 0 Å². The van der Waals surface area contributed by atoms with Crippen LogP contribution in [-0.2, 0) is 9.53 Å². The van der Waals surface area contributed by atoms with Gasteiger partial charge in [0.15, 0.2) is 6.04 Å². The zero-order valence-corrected chi connectivity index (χ0v) is 14.4. The third-order valence-corrected chi connectivity index (χ3v) is 4.22. The molecule has 8 heteroatoms. The van der Waals surface area contributed by atoms with Crippen molar-refractivity contribution in [3.8, 4) is 5.75 Å². The molecule has 0 aliphatic carbocycles. The number of rotatable bonds is 5. The topological polar surface area (TPSA) is 95.1 Å². The highest BCUT2D eigenvalue weighted by Gasteiger charge is 2.33. The third kappa shape index (κ3) is 4.21. The number of hydrogen-bond acceptors (Lipinski definition) is 5. The van der Waals surface area contributed by atoms with E-state index < -0.39 is 4.92 Å². The van der Waals surface area contributed by atoms with Crippen molar-refractivity contribution in [2.75, 3.05) is 25.5 Å². The number of ether oxygens (including phenoxy) is 2. The summed E-state index contributed by atoms with van der Waals surface area (Å²) >= 11 is 0. The van der Waals surface area contributed by atoms with Crippen LogP contribution < -0.4 is 15.0 Å². The van der Waals surface area contributed by atoms with E-state index in [0.29, 0.717) is 11.4 Å². The van der Waals surface area contributed by atoms with Gasteiger partial charge in [0.25, 0.3) is 11.6 Å². The Bertz CT molecular complexity index is 612. The molecule has 0 unspecified atom stereocenters. The predicted molar refractivity (Wildman–Crippen MR) is 88.4 cm³/mol. The highest BCUT2D eigenvalue weighted by molar-refractivity contribution is 5.95. The summed E-state index contributed by atoms with van der Waals surface area (Å²) in [5.74, 6) is 0.185. The van der Waals surface area contributed by atoms with Crippen LogP contribution >= 0.6 is 0 Å². The van der Waals surface area contributed by atoms with Crippen molar-refractivity contribution in [3.63, 3.8) is 0 Å². The molecule has 2 rings (SSSR count). The number of nitro groups is 1. The van der Waals surface area contributed by atoms with E-state index in [4.69, 9.17) is 9.47 Å². The van der Waals surface area contributed by atoms with Gasteiger partial charge in [-0.1, -0.05) is 0 Å². The molecular formula is C16H24N3O5+. The summed E-state index contributed by atoms with van der Waals surface area (Å²) in [5, 5.41) is 13.7. The number of hydrogen-bond donors (Lipinski definition) is 2. The van der Waals surface area contributed by atoms with E-state index in [-0.39, 0.29) is 29.8 Å². The van der Waals surface area contributed by atoms with E-state index in [1.54, 1.807) is 0 Å². The summed E-state index contributed by atoms with van der Waals surface area (Å²) in [6.45, 7) is 7.31. The van der Waals surface area contributed by atoms with Crippen molar-refractivity contribution in [1.29, 1.82) is 0 Å². The normalized spacial score (nSPS) is 24.9. The van der Waals surface area contributed by atoms with Gasteiger partial charge in [0.2, 0.25) is 0 Å². The van der Waals surface area contributed by atoms with E-state index in [9.17, 15) is 14.9 Å². The summed E-state index contributed by atoms with van der Waals surface area (Å²) in [4.78, 5) is 24.1. The van der Waals surface area contributed by atoms with Crippen LogP contribution in [0.5, 0.6) is 5.75 Å². The standard InChI is InChI=1S/C16H23N3O5/c1-10-8-18(9-11(2)24-10)12(3)16(20)17-14-7-13(19(21)22)5-6-15(14)23-4/h5-7,10-12H,8-9H2,1-4H3,(H,17,20)/p+1/t10-,11-,12-/m0/s1. The molecule has 1 aromatic carbocycles. The lowest BCUT2D eigenvalue weighted by Crippen LogP contribution is -3.19. The number of benzene rings is 1. The number of anilines is 1. The van der Waals surface area contributed by atoms with Gasteiger partial charge >= 0.3 is 0 Å². The fourth-order valence-electron chi connectivity index (χ4n) is 3.00. The lowest BCUT2D eigenvalue weighted by molar-refractivity contribution is -0.928. The van der Waals surface area contributed by atoms with Gasteiger partial charge in [-0.25, -0.2) is 0 Å². The molecule has 1 heterocycles. The van der Waals surface area contributed by atoms with Crippen molar-refractivity contribution < 1.29 is 24.1 Å². The van der Waals surface area contributed by atoms with Gasteiger partial charge in [0, 0.05) is 12.1 Å². The number of methoxy groups -OCH3 is 1. The number of carbonyl (C=O) groups is 1. The first-order valence-electron chi connectivity index (χ1n) is 7.95. The number of morpholine rings is 1. The largest absolute Gasteiger partial charge is 0.495 e. The van der Waals surface area contributed by atoms with E-state index in [1.807, 2.05) is 20.8 Å². The van der Waals surface area contributed by atoms with E-state index in [1.165, 1.54) is 25.3 Å². The molecule has 1 aliphatic heterocycles. The molecule has 1 amide bonds. The fourth-order valence-corrected chi connectivity index (χ4v) is 3.00. The molecule has 0 radical (unpaired) electrons. The fraction of sp³-hybridized carbons (Fsp3) is 0.562. The van der Waals surface area contributed by atoms with Gasteiger partial charge in [-0.05, 0) is 26.8 Å². The Kier molecular flexibility index (Phi) is 5.74. The van der Waals surface area contributed by atoms with Gasteiger partial charge in [-0.2, -0.15) is 0 Å². The second-order valence-electron chi connectivity index (χ2n) is 6.18. The summed E-state index contributed by atoms with van der Waals surface area (Å²) < 4.78 is 10.9. The number of carbonyl (C=O) groups excluding carboxylic acids is 1. The van der Waals surface area contributed by atoms with Crippen molar-refractivity contribution in [2.45, 2.75) is 39.0 Å². The van der Waals surface area contributed by atoms with Crippen LogP contribution in [0.4, 0.5) is 11.4 Å². The number of nitro benzene ring substituents is 1. The molecule has 0 saturated carbocycles. The predicted octanol–water partition coefficient (Wildman–Crippen LogP) is 0.623. The van der Waals surface area contributed by atoms with Crippen molar-refractivity contribution in [2.24, 2.45) is 0 Å². The highest BCUT2D eigenvalue weighted by atomic mass is 16.6. The zero-order chi connectivity index (χ0) is 17.9. The molecule has 24 heavy (non-hydrogen) atoms. The first-order valence-corrected chi connectivity index (χ1v) is 7.95. The molecular weight excluding hydrogens is 314 g/mol. The molecule has 8 nitrogen and oxygen atoms in total. The van der Waals surface area contributed by atoms with Gasteiger partial charge < -0.3 is 19.7 Å². The van der Waals surface area contributed by atoms with Crippen LogP contribution in [0.3, 0.4) is 0 Å². The molecule has 0 spiro atoms. The monoisotopic (exact) mass is 338 g/mol. The van der Waals surface area contributed by atoms with Crippen LogP contribution in [0.15, 0.2) is 18.2 Å². The van der Waals surface area contributed by atoms with Gasteiger partial charge in [0.05, 0.1) is 17.7 Å². The molecule has 3 atom stereocenters. The van der Waals surface area contributed by atoms with E-state index in [2.05, 4.69) is 5.32 Å². The van der Waals surface area contributed by atoms with Crippen LogP contribution in [0.1, 0.15) is 20.8 Å². The number of nitrogens with one attached hydrogen (secondary N) is 2. The summed E-state index contributed by atoms with van der Waals surface area (Å²) in [5.41, 5.74) is 0.206. The maximum Gasteiger partial charge on any atom is 0.282 e. The smallest absolute Gasteiger partial charge is 0.282 e. The van der Waals surface area contributed by atoms with Crippen LogP contribution in [-0.4, -0.2) is 49.3 Å².